The van der Waals surface area contributed by atoms with Crippen molar-refractivity contribution < 1.29 is 9.21 Å². The van der Waals surface area contributed by atoms with E-state index in [2.05, 4.69) is 20.3 Å². The number of rotatable bonds is 4. The fourth-order valence-electron chi connectivity index (χ4n) is 2.95. The predicted octanol–water partition coefficient (Wildman–Crippen LogP) is 5.20. The van der Waals surface area contributed by atoms with E-state index < -0.39 is 0 Å². The number of aromatic amines is 1. The Bertz CT molecular complexity index is 1220. The summed E-state index contributed by atoms with van der Waals surface area (Å²) in [7, 11) is 0. The Morgan fingerprint density at radius 2 is 1.79 bits per heavy atom. The molecule has 1 amide bonds. The van der Waals surface area contributed by atoms with Crippen LogP contribution in [0.4, 0.5) is 5.95 Å². The molecule has 3 aromatic heterocycles. The molecule has 0 bridgehead atoms. The molecule has 0 aliphatic carbocycles. The van der Waals surface area contributed by atoms with E-state index in [0.717, 1.165) is 16.6 Å². The number of benzene rings is 2. The number of H-pyrrole nitrogens is 1. The molecule has 28 heavy (non-hydrogen) atoms. The molecule has 0 radical (unpaired) electrons. The van der Waals surface area contributed by atoms with Crippen LogP contribution in [0.5, 0.6) is 0 Å². The number of hydrogen-bond donors (Lipinski definition) is 2. The summed E-state index contributed by atoms with van der Waals surface area (Å²) in [5.41, 5.74) is 3.14. The zero-order valence-corrected chi connectivity index (χ0v) is 15.4. The number of nitrogens with one attached hydrogen (secondary N) is 2. The molecule has 7 heteroatoms. The van der Waals surface area contributed by atoms with Crippen molar-refractivity contribution in [1.82, 2.24) is 15.0 Å². The molecule has 6 nitrogen and oxygen atoms in total. The lowest BCUT2D eigenvalue weighted by atomic mass is 10.1. The summed E-state index contributed by atoms with van der Waals surface area (Å²) in [5.74, 6) is 0.761. The lowest BCUT2D eigenvalue weighted by Gasteiger charge is -2.02. The SMILES string of the molecule is O=C(Nc1nc2ccccc2[nH]1)c1sc(-c2ccco2)nc1-c1ccccc1. The van der Waals surface area contributed by atoms with Gasteiger partial charge < -0.3 is 9.40 Å². The maximum atomic E-state index is 13.0. The molecular formula is C21H14N4O2S. The fraction of sp³-hybridized carbons (Fsp3) is 0. The number of furan rings is 1. The zero-order chi connectivity index (χ0) is 18.9. The van der Waals surface area contributed by atoms with Crippen LogP contribution in [0, 0.1) is 0 Å². The van der Waals surface area contributed by atoms with Gasteiger partial charge in [-0.05, 0) is 24.3 Å². The van der Waals surface area contributed by atoms with Gasteiger partial charge in [-0.3, -0.25) is 10.1 Å². The Kier molecular flexibility index (Phi) is 3.99. The number of hydrogen-bond acceptors (Lipinski definition) is 5. The number of carbonyl (C=O) groups is 1. The molecule has 0 saturated carbocycles. The highest BCUT2D eigenvalue weighted by Crippen LogP contribution is 2.34. The van der Waals surface area contributed by atoms with Crippen molar-refractivity contribution in [2.75, 3.05) is 5.32 Å². The van der Waals surface area contributed by atoms with Crippen LogP contribution < -0.4 is 5.32 Å². The maximum absolute atomic E-state index is 13.0. The average molecular weight is 386 g/mol. The fourth-order valence-corrected chi connectivity index (χ4v) is 3.90. The molecule has 5 rings (SSSR count). The smallest absolute Gasteiger partial charge is 0.270 e. The van der Waals surface area contributed by atoms with Crippen molar-refractivity contribution in [3.63, 3.8) is 0 Å². The van der Waals surface area contributed by atoms with Crippen molar-refractivity contribution >= 4 is 34.2 Å². The molecule has 0 aliphatic heterocycles. The van der Waals surface area contributed by atoms with Gasteiger partial charge in [-0.15, -0.1) is 11.3 Å². The summed E-state index contributed by atoms with van der Waals surface area (Å²) in [6.45, 7) is 0. The van der Waals surface area contributed by atoms with Gasteiger partial charge >= 0.3 is 0 Å². The molecule has 0 fully saturated rings. The van der Waals surface area contributed by atoms with Crippen molar-refractivity contribution in [3.8, 4) is 22.0 Å². The van der Waals surface area contributed by atoms with Crippen molar-refractivity contribution in [2.24, 2.45) is 0 Å². The van der Waals surface area contributed by atoms with Gasteiger partial charge in [0.2, 0.25) is 5.95 Å². The molecule has 2 aromatic carbocycles. The third-order valence-corrected chi connectivity index (χ3v) is 5.30. The Balaban J connectivity index is 1.54. The third-order valence-electron chi connectivity index (χ3n) is 4.23. The van der Waals surface area contributed by atoms with E-state index in [1.807, 2.05) is 60.7 Å². The van der Waals surface area contributed by atoms with Crippen molar-refractivity contribution in [3.05, 3.63) is 77.9 Å². The van der Waals surface area contributed by atoms with E-state index >= 15 is 0 Å². The molecule has 0 atom stereocenters. The van der Waals surface area contributed by atoms with Gasteiger partial charge in [-0.1, -0.05) is 42.5 Å². The van der Waals surface area contributed by atoms with E-state index in [0.29, 0.717) is 27.3 Å². The van der Waals surface area contributed by atoms with Gasteiger partial charge in [0.05, 0.1) is 23.0 Å². The molecule has 5 aromatic rings. The zero-order valence-electron chi connectivity index (χ0n) is 14.5. The molecule has 0 unspecified atom stereocenters. The first-order valence-electron chi connectivity index (χ1n) is 8.64. The number of anilines is 1. The lowest BCUT2D eigenvalue weighted by Crippen LogP contribution is -2.12. The summed E-state index contributed by atoms with van der Waals surface area (Å²) in [6.07, 6.45) is 1.59. The molecular weight excluding hydrogens is 372 g/mol. The maximum Gasteiger partial charge on any atom is 0.270 e. The highest BCUT2D eigenvalue weighted by atomic mass is 32.1. The van der Waals surface area contributed by atoms with Crippen molar-refractivity contribution in [1.29, 1.82) is 0 Å². The number of thiazole rings is 1. The number of fused-ring (bicyclic) bond motifs is 1. The second-order valence-corrected chi connectivity index (χ2v) is 7.10. The van der Waals surface area contributed by atoms with Crippen LogP contribution in [-0.4, -0.2) is 20.9 Å². The van der Waals surface area contributed by atoms with E-state index in [1.165, 1.54) is 11.3 Å². The largest absolute Gasteiger partial charge is 0.462 e. The number of carbonyl (C=O) groups excluding carboxylic acids is 1. The number of imidazole rings is 1. The van der Waals surface area contributed by atoms with Gasteiger partial charge in [0.15, 0.2) is 10.8 Å². The first-order valence-corrected chi connectivity index (χ1v) is 9.46. The molecule has 0 aliphatic rings. The van der Waals surface area contributed by atoms with Crippen molar-refractivity contribution in [2.45, 2.75) is 0 Å². The summed E-state index contributed by atoms with van der Waals surface area (Å²) >= 11 is 1.29. The Morgan fingerprint density at radius 1 is 0.964 bits per heavy atom. The minimum atomic E-state index is -0.270. The highest BCUT2D eigenvalue weighted by molar-refractivity contribution is 7.17. The minimum absolute atomic E-state index is 0.270. The molecule has 0 saturated heterocycles. The van der Waals surface area contributed by atoms with E-state index in [9.17, 15) is 4.79 Å². The summed E-state index contributed by atoms with van der Waals surface area (Å²) < 4.78 is 5.46. The molecule has 3 heterocycles. The monoisotopic (exact) mass is 386 g/mol. The Morgan fingerprint density at radius 3 is 2.57 bits per heavy atom. The van der Waals surface area contributed by atoms with Gasteiger partial charge in [0.1, 0.15) is 4.88 Å². The van der Waals surface area contributed by atoms with Crippen LogP contribution in [0.1, 0.15) is 9.67 Å². The number of para-hydroxylation sites is 2. The van der Waals surface area contributed by atoms with E-state index in [4.69, 9.17) is 4.42 Å². The van der Waals surface area contributed by atoms with Gasteiger partial charge in [-0.2, -0.15) is 0 Å². The number of aromatic nitrogens is 3. The van der Waals surface area contributed by atoms with Crippen LogP contribution in [0.15, 0.2) is 77.4 Å². The number of nitrogens with zero attached hydrogens (tertiary/aromatic N) is 2. The first-order chi connectivity index (χ1) is 13.8. The van der Waals surface area contributed by atoms with Crippen LogP contribution in [0.2, 0.25) is 0 Å². The Labute approximate surface area is 163 Å². The molecule has 2 N–H and O–H groups in total. The normalized spacial score (nSPS) is 11.0. The predicted molar refractivity (Wildman–Crippen MR) is 109 cm³/mol. The number of amides is 1. The second-order valence-electron chi connectivity index (χ2n) is 6.10. The van der Waals surface area contributed by atoms with Gasteiger partial charge in [0, 0.05) is 5.56 Å². The first kappa shape index (κ1) is 16.5. The van der Waals surface area contributed by atoms with Gasteiger partial charge in [0.25, 0.3) is 5.91 Å². The van der Waals surface area contributed by atoms with Crippen LogP contribution >= 0.6 is 11.3 Å². The van der Waals surface area contributed by atoms with Crippen LogP contribution in [-0.2, 0) is 0 Å². The quantitative estimate of drug-likeness (QED) is 0.445. The highest BCUT2D eigenvalue weighted by Gasteiger charge is 2.22. The molecule has 0 spiro atoms. The Hall–Kier alpha value is -3.71. The van der Waals surface area contributed by atoms with Gasteiger partial charge in [-0.25, -0.2) is 9.97 Å². The lowest BCUT2D eigenvalue weighted by molar-refractivity contribution is 0.103. The van der Waals surface area contributed by atoms with E-state index in [1.54, 1.807) is 12.3 Å². The topological polar surface area (TPSA) is 83.8 Å². The average Bonchev–Trinajstić information content (AvgIpc) is 3.46. The summed E-state index contributed by atoms with van der Waals surface area (Å²) in [4.78, 5) is 25.7. The minimum Gasteiger partial charge on any atom is -0.462 e. The third kappa shape index (κ3) is 2.97. The second kappa shape index (κ2) is 6.79. The molecule has 136 valence electrons. The summed E-state index contributed by atoms with van der Waals surface area (Å²) in [5, 5.41) is 3.50. The van der Waals surface area contributed by atoms with Crippen LogP contribution in [0.25, 0.3) is 33.1 Å². The van der Waals surface area contributed by atoms with Crippen LogP contribution in [0.3, 0.4) is 0 Å². The van der Waals surface area contributed by atoms with E-state index in [-0.39, 0.29) is 5.91 Å². The summed E-state index contributed by atoms with van der Waals surface area (Å²) in [6, 6.07) is 20.9. The standard InChI is InChI=1S/C21H14N4O2S/c26-19(25-21-22-14-9-4-5-10-15(14)23-21)18-17(13-7-2-1-3-8-13)24-20(28-18)16-11-6-12-27-16/h1-12H,(H2,22,23,25,26).